The van der Waals surface area contributed by atoms with Gasteiger partial charge in [0.2, 0.25) is 5.89 Å². The number of aromatic nitrogens is 2. The van der Waals surface area contributed by atoms with Crippen LogP contribution in [0.1, 0.15) is 11.7 Å². The average Bonchev–Trinajstić information content (AvgIpc) is 2.69. The van der Waals surface area contributed by atoms with E-state index in [1.165, 1.54) is 7.11 Å². The third kappa shape index (κ3) is 4.28. The smallest absolute Gasteiger partial charge is 0.320 e. The monoisotopic (exact) mass is 291 g/mol. The summed E-state index contributed by atoms with van der Waals surface area (Å²) in [6.07, 6.45) is 0.641. The summed E-state index contributed by atoms with van der Waals surface area (Å²) in [4.78, 5) is 14.8. The molecule has 0 fully saturated rings. The lowest BCUT2D eigenvalue weighted by Crippen LogP contribution is -2.30. The van der Waals surface area contributed by atoms with Crippen molar-refractivity contribution in [2.45, 2.75) is 18.2 Å². The van der Waals surface area contributed by atoms with Crippen molar-refractivity contribution in [2.75, 3.05) is 20.2 Å². The summed E-state index contributed by atoms with van der Waals surface area (Å²) in [5.41, 5.74) is 0. The number of halogens is 1. The van der Waals surface area contributed by atoms with E-state index in [1.807, 2.05) is 0 Å². The van der Waals surface area contributed by atoms with Gasteiger partial charge in [-0.3, -0.25) is 4.79 Å². The average molecular weight is 292 g/mol. The van der Waals surface area contributed by atoms with Gasteiger partial charge in [-0.15, -0.1) is 0 Å². The molecule has 0 spiro atoms. The molecule has 0 aliphatic rings. The third-order valence-corrected chi connectivity index (χ3v) is 2.56. The number of nitrogens with zero attached hydrogens (tertiary/aromatic N) is 2. The summed E-state index contributed by atoms with van der Waals surface area (Å²) >= 11 is 3.21. The van der Waals surface area contributed by atoms with Crippen LogP contribution in [0.5, 0.6) is 0 Å². The molecule has 0 aromatic carbocycles. The molecule has 0 radical (unpaired) electrons. The molecule has 1 aromatic rings. The Morgan fingerprint density at radius 1 is 1.69 bits per heavy atom. The molecule has 90 valence electrons. The van der Waals surface area contributed by atoms with E-state index in [9.17, 15) is 4.79 Å². The second-order valence-corrected chi connectivity index (χ2v) is 4.29. The van der Waals surface area contributed by atoms with Crippen LogP contribution in [-0.2, 0) is 16.0 Å². The van der Waals surface area contributed by atoms with Gasteiger partial charge >= 0.3 is 5.97 Å². The molecular formula is C9H14BrN3O3. The van der Waals surface area contributed by atoms with Crippen LogP contribution in [0.25, 0.3) is 0 Å². The van der Waals surface area contributed by atoms with Crippen molar-refractivity contribution in [3.63, 3.8) is 0 Å². The first-order chi connectivity index (χ1) is 7.63. The van der Waals surface area contributed by atoms with E-state index < -0.39 is 0 Å². The molecule has 0 saturated carbocycles. The van der Waals surface area contributed by atoms with Gasteiger partial charge in [-0.05, 0) is 6.92 Å². The van der Waals surface area contributed by atoms with Crippen LogP contribution < -0.4 is 5.32 Å². The largest absolute Gasteiger partial charge is 0.468 e. The number of aryl methyl sites for hydroxylation is 1. The van der Waals surface area contributed by atoms with Gasteiger partial charge < -0.3 is 14.6 Å². The zero-order valence-corrected chi connectivity index (χ0v) is 10.8. The highest BCUT2D eigenvalue weighted by Crippen LogP contribution is 2.00. The summed E-state index contributed by atoms with van der Waals surface area (Å²) in [5.74, 6) is 0.929. The lowest BCUT2D eigenvalue weighted by atomic mass is 10.4. The van der Waals surface area contributed by atoms with Gasteiger partial charge in [-0.2, -0.15) is 4.98 Å². The lowest BCUT2D eigenvalue weighted by Gasteiger charge is -2.07. The number of hydrogen-bond acceptors (Lipinski definition) is 6. The SMILES string of the molecule is COC(=O)C(Br)CNCCc1nc(C)no1. The standard InChI is InChI=1S/C9H14BrN3O3/c1-6-12-8(16-13-6)3-4-11-5-7(10)9(14)15-2/h7,11H,3-5H2,1-2H3. The minimum Gasteiger partial charge on any atom is -0.468 e. The second-order valence-electron chi connectivity index (χ2n) is 3.18. The van der Waals surface area contributed by atoms with Crippen molar-refractivity contribution in [1.82, 2.24) is 15.5 Å². The highest BCUT2D eigenvalue weighted by atomic mass is 79.9. The van der Waals surface area contributed by atoms with Crippen LogP contribution in [0.3, 0.4) is 0 Å². The molecule has 0 aliphatic heterocycles. The van der Waals surface area contributed by atoms with E-state index in [-0.39, 0.29) is 10.8 Å². The molecule has 1 N–H and O–H groups in total. The molecule has 1 unspecified atom stereocenters. The Kier molecular flexibility index (Phi) is 5.41. The maximum Gasteiger partial charge on any atom is 0.320 e. The summed E-state index contributed by atoms with van der Waals surface area (Å²) in [5, 5.41) is 6.76. The van der Waals surface area contributed by atoms with Crippen molar-refractivity contribution < 1.29 is 14.1 Å². The van der Waals surface area contributed by atoms with Crippen LogP contribution in [0.2, 0.25) is 0 Å². The Labute approximate surface area is 102 Å². The zero-order chi connectivity index (χ0) is 12.0. The fraction of sp³-hybridized carbons (Fsp3) is 0.667. The fourth-order valence-electron chi connectivity index (χ4n) is 1.08. The van der Waals surface area contributed by atoms with Gasteiger partial charge in [0, 0.05) is 19.5 Å². The maximum atomic E-state index is 11.0. The Balaban J connectivity index is 2.14. The minimum absolute atomic E-state index is 0.291. The number of carbonyl (C=O) groups excluding carboxylic acids is 1. The van der Waals surface area contributed by atoms with Crippen molar-refractivity contribution in [1.29, 1.82) is 0 Å². The van der Waals surface area contributed by atoms with Crippen LogP contribution in [-0.4, -0.2) is 41.1 Å². The number of methoxy groups -OCH3 is 1. The van der Waals surface area contributed by atoms with Gasteiger partial charge in [0.25, 0.3) is 0 Å². The highest BCUT2D eigenvalue weighted by molar-refractivity contribution is 9.10. The Hall–Kier alpha value is -0.950. The van der Waals surface area contributed by atoms with Crippen molar-refractivity contribution >= 4 is 21.9 Å². The number of hydrogen-bond donors (Lipinski definition) is 1. The first kappa shape index (κ1) is 13.1. The molecule has 0 aliphatic carbocycles. The molecule has 1 heterocycles. The highest BCUT2D eigenvalue weighted by Gasteiger charge is 2.14. The molecule has 0 bridgehead atoms. The molecule has 7 heteroatoms. The Bertz CT molecular complexity index is 342. The van der Waals surface area contributed by atoms with Crippen LogP contribution in [0, 0.1) is 6.92 Å². The second kappa shape index (κ2) is 6.59. The van der Waals surface area contributed by atoms with Crippen molar-refractivity contribution in [2.24, 2.45) is 0 Å². The van der Waals surface area contributed by atoms with E-state index in [1.54, 1.807) is 6.92 Å². The quantitative estimate of drug-likeness (QED) is 0.466. The van der Waals surface area contributed by atoms with E-state index in [0.717, 1.165) is 0 Å². The maximum absolute atomic E-state index is 11.0. The molecule has 0 amide bonds. The summed E-state index contributed by atoms with van der Waals surface area (Å²) in [6.45, 7) is 2.94. The predicted octanol–water partition coefficient (Wildman–Crippen LogP) is 0.447. The van der Waals surface area contributed by atoms with Crippen LogP contribution in [0.15, 0.2) is 4.52 Å². The van der Waals surface area contributed by atoms with E-state index in [0.29, 0.717) is 31.2 Å². The van der Waals surface area contributed by atoms with Gasteiger partial charge in [-0.25, -0.2) is 0 Å². The number of ether oxygens (including phenoxy) is 1. The van der Waals surface area contributed by atoms with E-state index >= 15 is 0 Å². The fourth-order valence-corrected chi connectivity index (χ4v) is 1.49. The number of nitrogens with one attached hydrogen (secondary N) is 1. The number of esters is 1. The zero-order valence-electron chi connectivity index (χ0n) is 9.20. The third-order valence-electron chi connectivity index (χ3n) is 1.87. The van der Waals surface area contributed by atoms with E-state index in [4.69, 9.17) is 4.52 Å². The summed E-state index contributed by atoms with van der Waals surface area (Å²) in [7, 11) is 1.36. The van der Waals surface area contributed by atoms with Crippen LogP contribution in [0.4, 0.5) is 0 Å². The number of alkyl halides is 1. The van der Waals surface area contributed by atoms with Gasteiger partial charge in [0.1, 0.15) is 4.83 Å². The minimum atomic E-state index is -0.332. The van der Waals surface area contributed by atoms with Crippen LogP contribution >= 0.6 is 15.9 Å². The predicted molar refractivity (Wildman–Crippen MR) is 60.3 cm³/mol. The van der Waals surface area contributed by atoms with Crippen molar-refractivity contribution in [3.05, 3.63) is 11.7 Å². The van der Waals surface area contributed by atoms with Gasteiger partial charge in [-0.1, -0.05) is 21.1 Å². The molecule has 16 heavy (non-hydrogen) atoms. The topological polar surface area (TPSA) is 77.2 Å². The molecule has 1 aromatic heterocycles. The van der Waals surface area contributed by atoms with E-state index in [2.05, 4.69) is 36.1 Å². The van der Waals surface area contributed by atoms with Gasteiger partial charge in [0.15, 0.2) is 5.82 Å². The normalized spacial score (nSPS) is 12.4. The molecule has 0 saturated heterocycles. The molecule has 6 nitrogen and oxygen atoms in total. The van der Waals surface area contributed by atoms with Crippen molar-refractivity contribution in [3.8, 4) is 0 Å². The number of rotatable bonds is 6. The number of carbonyl (C=O) groups is 1. The molecule has 1 atom stereocenters. The first-order valence-corrected chi connectivity index (χ1v) is 5.77. The molecule has 1 rings (SSSR count). The Morgan fingerprint density at radius 3 is 3.00 bits per heavy atom. The van der Waals surface area contributed by atoms with Gasteiger partial charge in [0.05, 0.1) is 7.11 Å². The summed E-state index contributed by atoms with van der Waals surface area (Å²) < 4.78 is 9.50. The molecular weight excluding hydrogens is 278 g/mol. The Morgan fingerprint density at radius 2 is 2.44 bits per heavy atom. The lowest BCUT2D eigenvalue weighted by molar-refractivity contribution is -0.139. The summed E-state index contributed by atoms with van der Waals surface area (Å²) in [6, 6.07) is 0. The first-order valence-electron chi connectivity index (χ1n) is 4.85.